The minimum absolute atomic E-state index is 0.121. The van der Waals surface area contributed by atoms with E-state index in [1.54, 1.807) is 0 Å². The van der Waals surface area contributed by atoms with Crippen LogP contribution in [0.3, 0.4) is 0 Å². The molecule has 0 aliphatic carbocycles. The van der Waals surface area contributed by atoms with Gasteiger partial charge in [0.05, 0.1) is 0 Å². The summed E-state index contributed by atoms with van der Waals surface area (Å²) in [5.74, 6) is 1.14. The quantitative estimate of drug-likeness (QED) is 0.700. The van der Waals surface area contributed by atoms with Gasteiger partial charge in [-0.3, -0.25) is 10.1 Å². The first kappa shape index (κ1) is 8.06. The van der Waals surface area contributed by atoms with E-state index >= 15 is 0 Å². The van der Waals surface area contributed by atoms with Crippen LogP contribution in [-0.2, 0) is 0 Å². The summed E-state index contributed by atoms with van der Waals surface area (Å²) in [5.41, 5.74) is 0. The number of nitrogens with one attached hydrogen (secondary N) is 2. The fourth-order valence-electron chi connectivity index (χ4n) is 0.530. The SMILES string of the molecule is CCSC(=O)Nc1ncn[nH]1. The number of anilines is 1. The zero-order chi connectivity index (χ0) is 8.10. The number of hydrogen-bond acceptors (Lipinski definition) is 4. The van der Waals surface area contributed by atoms with Gasteiger partial charge in [-0.2, -0.15) is 10.1 Å². The summed E-state index contributed by atoms with van der Waals surface area (Å²) in [4.78, 5) is 14.6. The molecule has 0 aliphatic heterocycles. The average Bonchev–Trinajstić information content (AvgIpc) is 2.40. The normalized spacial score (nSPS) is 9.55. The first-order valence-corrected chi connectivity index (χ1v) is 4.10. The molecule has 0 unspecified atom stereocenters. The van der Waals surface area contributed by atoms with E-state index < -0.39 is 0 Å². The predicted octanol–water partition coefficient (Wildman–Crippen LogP) is 1.09. The van der Waals surface area contributed by atoms with Gasteiger partial charge in [0, 0.05) is 0 Å². The van der Waals surface area contributed by atoms with Crippen molar-refractivity contribution in [1.82, 2.24) is 15.2 Å². The molecule has 5 nitrogen and oxygen atoms in total. The number of hydrogen-bond donors (Lipinski definition) is 2. The smallest absolute Gasteiger partial charge is 0.285 e. The van der Waals surface area contributed by atoms with Gasteiger partial charge in [0.2, 0.25) is 5.95 Å². The Hall–Kier alpha value is -1.04. The van der Waals surface area contributed by atoms with Crippen LogP contribution in [0, 0.1) is 0 Å². The number of amides is 1. The Morgan fingerprint density at radius 1 is 1.91 bits per heavy atom. The molecule has 0 bridgehead atoms. The molecule has 1 rings (SSSR count). The topological polar surface area (TPSA) is 70.7 Å². The molecule has 1 aromatic rings. The second-order valence-corrected chi connectivity index (χ2v) is 2.92. The Morgan fingerprint density at radius 3 is 3.27 bits per heavy atom. The number of H-pyrrole nitrogens is 1. The summed E-state index contributed by atoms with van der Waals surface area (Å²) in [6, 6.07) is 0. The van der Waals surface area contributed by atoms with Crippen molar-refractivity contribution in [3.8, 4) is 0 Å². The van der Waals surface area contributed by atoms with Gasteiger partial charge in [-0.25, -0.2) is 5.10 Å². The monoisotopic (exact) mass is 172 g/mol. The van der Waals surface area contributed by atoms with E-state index in [2.05, 4.69) is 20.5 Å². The summed E-state index contributed by atoms with van der Waals surface area (Å²) >= 11 is 1.19. The van der Waals surface area contributed by atoms with Gasteiger partial charge in [-0.05, 0) is 5.75 Å². The molecule has 0 radical (unpaired) electrons. The maximum Gasteiger partial charge on any atom is 0.285 e. The zero-order valence-electron chi connectivity index (χ0n) is 6.00. The molecule has 1 heterocycles. The Bertz CT molecular complexity index is 222. The van der Waals surface area contributed by atoms with Crippen LogP contribution >= 0.6 is 11.8 Å². The largest absolute Gasteiger partial charge is 0.286 e. The lowest BCUT2D eigenvalue weighted by atomic mass is 11.0. The van der Waals surface area contributed by atoms with Gasteiger partial charge in [0.15, 0.2) is 0 Å². The number of thioether (sulfide) groups is 1. The van der Waals surface area contributed by atoms with Crippen molar-refractivity contribution in [2.45, 2.75) is 6.92 Å². The zero-order valence-corrected chi connectivity index (χ0v) is 6.81. The fraction of sp³-hybridized carbons (Fsp3) is 0.400. The highest BCUT2D eigenvalue weighted by Gasteiger charge is 2.01. The van der Waals surface area contributed by atoms with Crippen molar-refractivity contribution in [3.05, 3.63) is 6.33 Å². The predicted molar refractivity (Wildman–Crippen MR) is 43.5 cm³/mol. The summed E-state index contributed by atoms with van der Waals surface area (Å²) in [5, 5.41) is 8.49. The maximum absolute atomic E-state index is 10.9. The minimum Gasteiger partial charge on any atom is -0.286 e. The van der Waals surface area contributed by atoms with Crippen molar-refractivity contribution < 1.29 is 4.79 Å². The minimum atomic E-state index is -0.121. The molecule has 0 fully saturated rings. The molecule has 0 saturated heterocycles. The first-order valence-electron chi connectivity index (χ1n) is 3.12. The average molecular weight is 172 g/mol. The van der Waals surface area contributed by atoms with E-state index in [9.17, 15) is 4.79 Å². The van der Waals surface area contributed by atoms with Gasteiger partial charge < -0.3 is 0 Å². The summed E-state index contributed by atoms with van der Waals surface area (Å²) in [7, 11) is 0. The van der Waals surface area contributed by atoms with Crippen LogP contribution in [-0.4, -0.2) is 26.2 Å². The molecule has 2 N–H and O–H groups in total. The molecule has 6 heteroatoms. The number of nitrogens with zero attached hydrogens (tertiary/aromatic N) is 2. The summed E-state index contributed by atoms with van der Waals surface area (Å²) < 4.78 is 0. The lowest BCUT2D eigenvalue weighted by Crippen LogP contribution is -2.06. The van der Waals surface area contributed by atoms with Crippen LogP contribution in [0.25, 0.3) is 0 Å². The number of rotatable bonds is 2. The first-order chi connectivity index (χ1) is 5.33. The fourth-order valence-corrected chi connectivity index (χ4v) is 0.961. The van der Waals surface area contributed by atoms with Crippen molar-refractivity contribution in [2.24, 2.45) is 0 Å². The number of aromatic nitrogens is 3. The van der Waals surface area contributed by atoms with Crippen LogP contribution in [0.1, 0.15) is 6.92 Å². The van der Waals surface area contributed by atoms with E-state index in [1.807, 2.05) is 6.92 Å². The van der Waals surface area contributed by atoms with E-state index in [0.717, 1.165) is 5.75 Å². The van der Waals surface area contributed by atoms with E-state index in [4.69, 9.17) is 0 Å². The molecule has 0 aliphatic rings. The van der Waals surface area contributed by atoms with Gasteiger partial charge >= 0.3 is 0 Å². The third-order valence-electron chi connectivity index (χ3n) is 0.911. The van der Waals surface area contributed by atoms with Gasteiger partial charge in [0.1, 0.15) is 6.33 Å². The molecule has 60 valence electrons. The van der Waals surface area contributed by atoms with E-state index in [-0.39, 0.29) is 5.24 Å². The Morgan fingerprint density at radius 2 is 2.73 bits per heavy atom. The number of aromatic amines is 1. The van der Waals surface area contributed by atoms with Gasteiger partial charge in [-0.1, -0.05) is 18.7 Å². The van der Waals surface area contributed by atoms with Crippen LogP contribution in [0.5, 0.6) is 0 Å². The second kappa shape index (κ2) is 3.97. The lowest BCUT2D eigenvalue weighted by molar-refractivity contribution is 0.269. The van der Waals surface area contributed by atoms with Crippen LogP contribution < -0.4 is 5.32 Å². The standard InChI is InChI=1S/C5H8N4OS/c1-2-11-5(10)8-4-6-3-7-9-4/h3H,2H2,1H3,(H2,6,7,8,9,10). The van der Waals surface area contributed by atoms with Crippen LogP contribution in [0.15, 0.2) is 6.33 Å². The Kier molecular flexibility index (Phi) is 2.91. The Balaban J connectivity index is 2.37. The third-order valence-corrected chi connectivity index (χ3v) is 1.56. The third kappa shape index (κ3) is 2.58. The summed E-state index contributed by atoms with van der Waals surface area (Å²) in [6.45, 7) is 1.91. The molecule has 0 aromatic carbocycles. The highest BCUT2D eigenvalue weighted by Crippen LogP contribution is 2.04. The summed E-state index contributed by atoms with van der Waals surface area (Å²) in [6.07, 6.45) is 1.34. The van der Waals surface area contributed by atoms with Crippen molar-refractivity contribution in [3.63, 3.8) is 0 Å². The van der Waals surface area contributed by atoms with Gasteiger partial charge in [-0.15, -0.1) is 0 Å². The van der Waals surface area contributed by atoms with Crippen molar-refractivity contribution in [2.75, 3.05) is 11.1 Å². The number of carbonyl (C=O) groups is 1. The molecule has 1 aromatic heterocycles. The van der Waals surface area contributed by atoms with Crippen molar-refractivity contribution >= 4 is 22.9 Å². The molecule has 1 amide bonds. The molecule has 0 saturated carbocycles. The Labute approximate surface area is 68.0 Å². The molecule has 0 atom stereocenters. The van der Waals surface area contributed by atoms with E-state index in [0.29, 0.717) is 5.95 Å². The van der Waals surface area contributed by atoms with Crippen molar-refractivity contribution in [1.29, 1.82) is 0 Å². The maximum atomic E-state index is 10.9. The number of carbonyl (C=O) groups excluding carboxylic acids is 1. The molecule has 11 heavy (non-hydrogen) atoms. The van der Waals surface area contributed by atoms with E-state index in [1.165, 1.54) is 18.1 Å². The highest BCUT2D eigenvalue weighted by atomic mass is 32.2. The van der Waals surface area contributed by atoms with Crippen LogP contribution in [0.2, 0.25) is 0 Å². The lowest BCUT2D eigenvalue weighted by Gasteiger charge is -1.96. The highest BCUT2D eigenvalue weighted by molar-refractivity contribution is 8.13. The van der Waals surface area contributed by atoms with Gasteiger partial charge in [0.25, 0.3) is 5.24 Å². The second-order valence-electron chi connectivity index (χ2n) is 1.68. The van der Waals surface area contributed by atoms with Crippen LogP contribution in [0.4, 0.5) is 10.7 Å². The molecular weight excluding hydrogens is 164 g/mol. The molecular formula is C5H8N4OS. The molecule has 0 spiro atoms.